The number of benzene rings is 2. The molecule has 0 amide bonds. The summed E-state index contributed by atoms with van der Waals surface area (Å²) in [5, 5.41) is 0. The lowest BCUT2D eigenvalue weighted by atomic mass is 9.96. The quantitative estimate of drug-likeness (QED) is 0.554. The summed E-state index contributed by atoms with van der Waals surface area (Å²) >= 11 is 0. The van der Waals surface area contributed by atoms with E-state index in [2.05, 4.69) is 67.2 Å². The van der Waals surface area contributed by atoms with Gasteiger partial charge >= 0.3 is 0 Å². The molecule has 1 aromatic heterocycles. The second-order valence-electron chi connectivity index (χ2n) is 5.18. The first-order valence-electron chi connectivity index (χ1n) is 7.79. The van der Waals surface area contributed by atoms with Gasteiger partial charge in [-0.05, 0) is 28.7 Å². The van der Waals surface area contributed by atoms with Crippen LogP contribution in [0, 0.1) is 0 Å². The second-order valence-corrected chi connectivity index (χ2v) is 5.18. The van der Waals surface area contributed by atoms with Gasteiger partial charge in [0.05, 0.1) is 6.33 Å². The highest BCUT2D eigenvalue weighted by molar-refractivity contribution is 5.85. The van der Waals surface area contributed by atoms with Gasteiger partial charge in [-0.25, -0.2) is 4.98 Å². The molecule has 2 nitrogen and oxygen atoms in total. The Kier molecular flexibility index (Phi) is 8.77. The van der Waals surface area contributed by atoms with Crippen molar-refractivity contribution >= 4 is 30.8 Å². The van der Waals surface area contributed by atoms with Crippen molar-refractivity contribution in [3.63, 3.8) is 0 Å². The second kappa shape index (κ2) is 10.8. The highest BCUT2D eigenvalue weighted by Gasteiger charge is 2.03. The zero-order chi connectivity index (χ0) is 17.2. The van der Waals surface area contributed by atoms with Crippen LogP contribution in [0.5, 0.6) is 0 Å². The van der Waals surface area contributed by atoms with E-state index >= 15 is 0 Å². The Morgan fingerprint density at radius 1 is 0.920 bits per heavy atom. The largest absolute Gasteiger partial charge is 0.314 e. The zero-order valence-electron chi connectivity index (χ0n) is 14.2. The number of nitrogens with zero attached hydrogens (tertiary/aromatic N) is 2. The molecule has 0 aliphatic heterocycles. The molecule has 2 aromatic carbocycles. The van der Waals surface area contributed by atoms with Gasteiger partial charge < -0.3 is 4.57 Å². The summed E-state index contributed by atoms with van der Waals surface area (Å²) in [6.07, 6.45) is 11.6. The van der Waals surface area contributed by atoms with E-state index in [0.717, 1.165) is 12.0 Å². The molecule has 3 aromatic rings. The Labute approximate surface area is 156 Å². The fourth-order valence-corrected chi connectivity index (χ4v) is 2.41. The Hall–Kier alpha value is -2.84. The van der Waals surface area contributed by atoms with Gasteiger partial charge in [0.15, 0.2) is 0 Å². The van der Waals surface area contributed by atoms with Gasteiger partial charge in [-0.3, -0.25) is 0 Å². The SMILES string of the molecule is C=Cc1cccc(Cc2ccccc2)c1C=C.C=Cn1ccnc1.Cl. The number of halogens is 1. The van der Waals surface area contributed by atoms with Gasteiger partial charge in [-0.2, -0.15) is 0 Å². The van der Waals surface area contributed by atoms with Crippen LogP contribution in [-0.2, 0) is 6.42 Å². The molecule has 3 heteroatoms. The molecule has 0 unspecified atom stereocenters. The maximum absolute atomic E-state index is 3.89. The predicted molar refractivity (Wildman–Crippen MR) is 112 cm³/mol. The number of hydrogen-bond acceptors (Lipinski definition) is 1. The van der Waals surface area contributed by atoms with E-state index in [9.17, 15) is 0 Å². The van der Waals surface area contributed by atoms with Crippen molar-refractivity contribution in [1.82, 2.24) is 9.55 Å². The summed E-state index contributed by atoms with van der Waals surface area (Å²) in [6, 6.07) is 16.8. The van der Waals surface area contributed by atoms with Crippen molar-refractivity contribution < 1.29 is 0 Å². The van der Waals surface area contributed by atoms with Crippen molar-refractivity contribution in [2.45, 2.75) is 6.42 Å². The Morgan fingerprint density at radius 3 is 2.20 bits per heavy atom. The minimum Gasteiger partial charge on any atom is -0.314 e. The topological polar surface area (TPSA) is 17.8 Å². The third kappa shape index (κ3) is 5.94. The van der Waals surface area contributed by atoms with Crippen LogP contribution < -0.4 is 0 Å². The third-order valence-electron chi connectivity index (χ3n) is 3.63. The average Bonchev–Trinajstić information content (AvgIpc) is 3.16. The first-order chi connectivity index (χ1) is 11.8. The molecule has 0 fully saturated rings. The zero-order valence-corrected chi connectivity index (χ0v) is 15.0. The maximum atomic E-state index is 3.89. The first kappa shape index (κ1) is 20.2. The van der Waals surface area contributed by atoms with Gasteiger partial charge in [0, 0.05) is 18.6 Å². The summed E-state index contributed by atoms with van der Waals surface area (Å²) < 4.78 is 1.78. The number of aromatic nitrogens is 2. The number of imidazole rings is 1. The maximum Gasteiger partial charge on any atom is 0.0986 e. The van der Waals surface area contributed by atoms with Gasteiger partial charge in [0.25, 0.3) is 0 Å². The van der Waals surface area contributed by atoms with E-state index < -0.39 is 0 Å². The molecule has 0 atom stereocenters. The van der Waals surface area contributed by atoms with Crippen molar-refractivity contribution in [2.24, 2.45) is 0 Å². The Bertz CT molecular complexity index is 790. The van der Waals surface area contributed by atoms with E-state index in [1.54, 1.807) is 23.3 Å². The smallest absolute Gasteiger partial charge is 0.0986 e. The number of hydrogen-bond donors (Lipinski definition) is 0. The van der Waals surface area contributed by atoms with Crippen LogP contribution in [0.3, 0.4) is 0 Å². The molecule has 0 radical (unpaired) electrons. The van der Waals surface area contributed by atoms with E-state index in [1.165, 1.54) is 16.7 Å². The van der Waals surface area contributed by atoms with Crippen molar-refractivity contribution in [3.8, 4) is 0 Å². The molecular formula is C22H23ClN2. The van der Waals surface area contributed by atoms with Crippen LogP contribution in [0.1, 0.15) is 22.3 Å². The fourth-order valence-electron chi connectivity index (χ4n) is 2.41. The Morgan fingerprint density at radius 2 is 1.68 bits per heavy atom. The van der Waals surface area contributed by atoms with Crippen LogP contribution in [0.25, 0.3) is 18.4 Å². The van der Waals surface area contributed by atoms with E-state index in [-0.39, 0.29) is 12.4 Å². The van der Waals surface area contributed by atoms with Crippen molar-refractivity contribution in [3.05, 3.63) is 109 Å². The standard InChI is InChI=1S/C17H16.C5H6N2.ClH/c1-3-15-11-8-12-16(17(15)4-2)13-14-9-6-5-7-10-14;1-2-7-4-3-6-5-7;/h3-12H,1-2,13H2;2-5H,1H2;1H. The predicted octanol–water partition coefficient (Wildman–Crippen LogP) is 5.97. The molecular weight excluding hydrogens is 328 g/mol. The molecule has 0 aliphatic rings. The summed E-state index contributed by atoms with van der Waals surface area (Å²) in [5.41, 5.74) is 4.94. The molecule has 1 heterocycles. The van der Waals surface area contributed by atoms with Crippen LogP contribution in [0.2, 0.25) is 0 Å². The normalized spacial score (nSPS) is 9.12. The van der Waals surface area contributed by atoms with Gasteiger partial charge in [-0.1, -0.05) is 80.4 Å². The first-order valence-corrected chi connectivity index (χ1v) is 7.79. The van der Waals surface area contributed by atoms with Crippen LogP contribution >= 0.6 is 12.4 Å². The van der Waals surface area contributed by atoms with E-state index in [4.69, 9.17) is 0 Å². The molecule has 3 rings (SSSR count). The lowest BCUT2D eigenvalue weighted by molar-refractivity contribution is 1.14. The van der Waals surface area contributed by atoms with Crippen LogP contribution in [-0.4, -0.2) is 9.55 Å². The summed E-state index contributed by atoms with van der Waals surface area (Å²) in [4.78, 5) is 3.78. The summed E-state index contributed by atoms with van der Waals surface area (Å²) in [6.45, 7) is 11.3. The van der Waals surface area contributed by atoms with Crippen LogP contribution in [0.4, 0.5) is 0 Å². The minimum atomic E-state index is 0. The molecule has 0 aliphatic carbocycles. The van der Waals surface area contributed by atoms with Crippen LogP contribution in [0.15, 0.2) is 87.0 Å². The van der Waals surface area contributed by atoms with E-state index in [1.807, 2.05) is 24.4 Å². The van der Waals surface area contributed by atoms with Crippen molar-refractivity contribution in [2.75, 3.05) is 0 Å². The van der Waals surface area contributed by atoms with Crippen molar-refractivity contribution in [1.29, 1.82) is 0 Å². The number of rotatable bonds is 5. The molecule has 0 bridgehead atoms. The molecule has 0 spiro atoms. The summed E-state index contributed by atoms with van der Waals surface area (Å²) in [7, 11) is 0. The lowest BCUT2D eigenvalue weighted by Crippen LogP contribution is -1.93. The van der Waals surface area contributed by atoms with E-state index in [0.29, 0.717) is 0 Å². The molecule has 0 N–H and O–H groups in total. The molecule has 0 saturated carbocycles. The van der Waals surface area contributed by atoms with Gasteiger partial charge in [-0.15, -0.1) is 12.4 Å². The molecule has 25 heavy (non-hydrogen) atoms. The third-order valence-corrected chi connectivity index (χ3v) is 3.63. The minimum absolute atomic E-state index is 0. The lowest BCUT2D eigenvalue weighted by Gasteiger charge is -2.09. The average molecular weight is 351 g/mol. The highest BCUT2D eigenvalue weighted by atomic mass is 35.5. The monoisotopic (exact) mass is 350 g/mol. The fraction of sp³-hybridized carbons (Fsp3) is 0.0455. The highest BCUT2D eigenvalue weighted by Crippen LogP contribution is 2.20. The molecule has 128 valence electrons. The molecule has 0 saturated heterocycles. The Balaban J connectivity index is 0.000000330. The van der Waals surface area contributed by atoms with Gasteiger partial charge in [0.1, 0.15) is 0 Å². The summed E-state index contributed by atoms with van der Waals surface area (Å²) in [5.74, 6) is 0. The van der Waals surface area contributed by atoms with Gasteiger partial charge in [0.2, 0.25) is 0 Å².